The molecule has 36 heavy (non-hydrogen) atoms. The van der Waals surface area contributed by atoms with Gasteiger partial charge in [0, 0.05) is 19.6 Å². The fraction of sp³-hybridized carbons (Fsp3) is 0.964. The van der Waals surface area contributed by atoms with Crippen LogP contribution >= 0.6 is 7.60 Å². The zero-order valence-electron chi connectivity index (χ0n) is 24.2. The maximum atomic E-state index is 12.2. The Hall–Kier alpha value is -0.460. The average Bonchev–Trinajstić information content (AvgIpc) is 2.82. The van der Waals surface area contributed by atoms with Crippen LogP contribution in [0.4, 0.5) is 0 Å². The molecule has 0 aliphatic heterocycles. The van der Waals surface area contributed by atoms with Gasteiger partial charge in [-0.1, -0.05) is 97.8 Å². The molecule has 0 heterocycles. The van der Waals surface area contributed by atoms with E-state index in [0.717, 1.165) is 6.42 Å². The minimum atomic E-state index is -3.74. The summed E-state index contributed by atoms with van der Waals surface area (Å²) < 4.78 is 28.8. The molecule has 0 radical (unpaired) electrons. The van der Waals surface area contributed by atoms with Crippen molar-refractivity contribution in [2.75, 3.05) is 46.6 Å². The molecular weight excluding hydrogens is 477 g/mol. The zero-order valence-corrected chi connectivity index (χ0v) is 25.1. The Morgan fingerprint density at radius 3 is 1.92 bits per heavy atom. The lowest BCUT2D eigenvalue weighted by Gasteiger charge is -2.21. The predicted molar refractivity (Wildman–Crippen MR) is 150 cm³/mol. The van der Waals surface area contributed by atoms with Gasteiger partial charge < -0.3 is 23.8 Å². The maximum Gasteiger partial charge on any atom is 0.329 e. The number of esters is 1. The standard InChI is InChI=1S/C28H58NO6P/c1-6-8-9-10-11-12-13-14-15-16-17-18-20-26(3)23-33-24-27(35-28(30)19-7-2)25-34-36(31,32)22-21-29(4)5/h26-27H,6-25H2,1-5H3,(H,31,32). The smallest absolute Gasteiger partial charge is 0.329 e. The van der Waals surface area contributed by atoms with Crippen molar-refractivity contribution in [2.45, 2.75) is 123 Å². The Morgan fingerprint density at radius 2 is 1.39 bits per heavy atom. The fourth-order valence-corrected chi connectivity index (χ4v) is 5.15. The van der Waals surface area contributed by atoms with Crippen molar-refractivity contribution in [3.8, 4) is 0 Å². The summed E-state index contributed by atoms with van der Waals surface area (Å²) in [5.74, 6) is 0.0883. The first-order valence-corrected chi connectivity index (χ1v) is 16.3. The molecule has 3 atom stereocenters. The minimum absolute atomic E-state index is 0.0343. The molecule has 0 aliphatic carbocycles. The highest BCUT2D eigenvalue weighted by atomic mass is 31.2. The van der Waals surface area contributed by atoms with Crippen molar-refractivity contribution in [1.82, 2.24) is 4.90 Å². The van der Waals surface area contributed by atoms with Crippen LogP contribution in [0.15, 0.2) is 0 Å². The Morgan fingerprint density at radius 1 is 0.833 bits per heavy atom. The molecule has 0 fully saturated rings. The molecule has 0 aliphatic rings. The van der Waals surface area contributed by atoms with Gasteiger partial charge >= 0.3 is 13.6 Å². The van der Waals surface area contributed by atoms with E-state index in [4.69, 9.17) is 14.0 Å². The van der Waals surface area contributed by atoms with E-state index in [9.17, 15) is 14.3 Å². The Bertz CT molecular complexity index is 560. The molecule has 0 rings (SSSR count). The Kier molecular flexibility index (Phi) is 23.3. The molecule has 0 aromatic heterocycles. The topological polar surface area (TPSA) is 85.3 Å². The van der Waals surface area contributed by atoms with Crippen molar-refractivity contribution in [1.29, 1.82) is 0 Å². The second-order valence-electron chi connectivity index (χ2n) is 10.6. The van der Waals surface area contributed by atoms with Gasteiger partial charge in [-0.05, 0) is 32.9 Å². The molecule has 0 amide bonds. The van der Waals surface area contributed by atoms with E-state index < -0.39 is 13.7 Å². The molecule has 1 N–H and O–H groups in total. The second-order valence-corrected chi connectivity index (χ2v) is 12.6. The van der Waals surface area contributed by atoms with E-state index in [2.05, 4.69) is 13.8 Å². The highest BCUT2D eigenvalue weighted by Crippen LogP contribution is 2.41. The first kappa shape index (κ1) is 35.5. The van der Waals surface area contributed by atoms with Crippen LogP contribution < -0.4 is 0 Å². The van der Waals surface area contributed by atoms with Gasteiger partial charge in [0.05, 0.1) is 19.4 Å². The number of nitrogens with zero attached hydrogens (tertiary/aromatic N) is 1. The Balaban J connectivity index is 4.03. The quantitative estimate of drug-likeness (QED) is 0.0712. The molecule has 0 saturated carbocycles. The zero-order chi connectivity index (χ0) is 27.1. The molecule has 0 saturated heterocycles. The van der Waals surface area contributed by atoms with E-state index in [1.165, 1.54) is 77.0 Å². The van der Waals surface area contributed by atoms with E-state index in [1.807, 2.05) is 25.9 Å². The number of hydrogen-bond acceptors (Lipinski definition) is 6. The van der Waals surface area contributed by atoms with Gasteiger partial charge in [0.25, 0.3) is 0 Å². The monoisotopic (exact) mass is 535 g/mol. The van der Waals surface area contributed by atoms with Crippen LogP contribution in [-0.2, 0) is 23.4 Å². The minimum Gasteiger partial charge on any atom is -0.457 e. The largest absolute Gasteiger partial charge is 0.457 e. The molecule has 0 bridgehead atoms. The summed E-state index contributed by atoms with van der Waals surface area (Å²) >= 11 is 0. The molecule has 0 spiro atoms. The van der Waals surface area contributed by atoms with Gasteiger partial charge in [-0.3, -0.25) is 9.36 Å². The van der Waals surface area contributed by atoms with Crippen molar-refractivity contribution in [3.05, 3.63) is 0 Å². The predicted octanol–water partition coefficient (Wildman–Crippen LogP) is 7.21. The van der Waals surface area contributed by atoms with Crippen molar-refractivity contribution in [2.24, 2.45) is 5.92 Å². The third-order valence-electron chi connectivity index (χ3n) is 6.30. The van der Waals surface area contributed by atoms with Gasteiger partial charge in [-0.25, -0.2) is 0 Å². The summed E-state index contributed by atoms with van der Waals surface area (Å²) in [5, 5.41) is 0. The number of rotatable bonds is 26. The van der Waals surface area contributed by atoms with Crippen molar-refractivity contribution < 1.29 is 28.3 Å². The lowest BCUT2D eigenvalue weighted by atomic mass is 10.0. The van der Waals surface area contributed by atoms with Crippen LogP contribution in [0.5, 0.6) is 0 Å². The van der Waals surface area contributed by atoms with E-state index in [0.29, 0.717) is 31.9 Å². The van der Waals surface area contributed by atoms with Crippen LogP contribution in [0, 0.1) is 5.92 Å². The molecule has 3 unspecified atom stereocenters. The lowest BCUT2D eigenvalue weighted by Crippen LogP contribution is -2.29. The highest BCUT2D eigenvalue weighted by Gasteiger charge is 2.24. The van der Waals surface area contributed by atoms with Gasteiger partial charge in [0.15, 0.2) is 0 Å². The normalized spacial score (nSPS) is 15.1. The summed E-state index contributed by atoms with van der Waals surface area (Å²) in [6.07, 6.45) is 17.6. The fourth-order valence-electron chi connectivity index (χ4n) is 3.97. The maximum absolute atomic E-state index is 12.2. The van der Waals surface area contributed by atoms with Crippen molar-refractivity contribution in [3.63, 3.8) is 0 Å². The van der Waals surface area contributed by atoms with Gasteiger partial charge in [0.2, 0.25) is 0 Å². The van der Waals surface area contributed by atoms with Crippen LogP contribution in [0.25, 0.3) is 0 Å². The van der Waals surface area contributed by atoms with E-state index >= 15 is 0 Å². The van der Waals surface area contributed by atoms with Crippen molar-refractivity contribution >= 4 is 13.6 Å². The molecule has 8 heteroatoms. The summed E-state index contributed by atoms with van der Waals surface area (Å²) in [6.45, 7) is 7.41. The van der Waals surface area contributed by atoms with Gasteiger partial charge in [-0.15, -0.1) is 0 Å². The summed E-state index contributed by atoms with van der Waals surface area (Å²) in [6, 6.07) is 0. The van der Waals surface area contributed by atoms with Crippen LogP contribution in [0.2, 0.25) is 0 Å². The van der Waals surface area contributed by atoms with Crippen LogP contribution in [0.1, 0.15) is 117 Å². The Labute approximate surface area is 222 Å². The van der Waals surface area contributed by atoms with E-state index in [-0.39, 0.29) is 25.3 Å². The number of hydrogen-bond donors (Lipinski definition) is 1. The van der Waals surface area contributed by atoms with Crippen LogP contribution in [-0.4, -0.2) is 68.5 Å². The SMILES string of the molecule is CCCCCCCCCCCCCCC(C)COCC(COP(=O)(O)CCN(C)C)OC(=O)CCC. The second kappa shape index (κ2) is 23.6. The van der Waals surface area contributed by atoms with E-state index in [1.54, 1.807) is 0 Å². The van der Waals surface area contributed by atoms with Gasteiger partial charge in [0.1, 0.15) is 6.10 Å². The third kappa shape index (κ3) is 23.9. The van der Waals surface area contributed by atoms with Gasteiger partial charge in [-0.2, -0.15) is 0 Å². The number of carbonyl (C=O) groups is 1. The average molecular weight is 536 g/mol. The van der Waals surface area contributed by atoms with Crippen LogP contribution in [0.3, 0.4) is 0 Å². The molecule has 7 nitrogen and oxygen atoms in total. The highest BCUT2D eigenvalue weighted by molar-refractivity contribution is 7.52. The molecule has 216 valence electrons. The third-order valence-corrected chi connectivity index (χ3v) is 7.62. The number of ether oxygens (including phenoxy) is 2. The number of unbranched alkanes of at least 4 members (excludes halogenated alkanes) is 11. The molecular formula is C28H58NO6P. The molecule has 0 aromatic carbocycles. The molecule has 0 aromatic rings. The first-order valence-electron chi connectivity index (χ1n) is 14.6. The lowest BCUT2D eigenvalue weighted by molar-refractivity contribution is -0.154. The summed E-state index contributed by atoms with van der Waals surface area (Å²) in [5.41, 5.74) is 0. The summed E-state index contributed by atoms with van der Waals surface area (Å²) in [4.78, 5) is 23.8. The number of carbonyl (C=O) groups excluding carboxylic acids is 1. The summed E-state index contributed by atoms with van der Waals surface area (Å²) in [7, 11) is -0.0660. The first-order chi connectivity index (χ1) is 17.2.